The van der Waals surface area contributed by atoms with Gasteiger partial charge < -0.3 is 14.4 Å². The predicted octanol–water partition coefficient (Wildman–Crippen LogP) is 2.31. The van der Waals surface area contributed by atoms with Crippen molar-refractivity contribution in [3.63, 3.8) is 0 Å². The molecular formula is C23H22F2N4O5. The molecule has 0 unspecified atom stereocenters. The van der Waals surface area contributed by atoms with Crippen molar-refractivity contribution in [3.8, 4) is 16.9 Å². The standard InChI is InChI=1S/C23H22F2N4O5/c1-33-29-22(32)19-21(31)20(30)17(12-27(19)13-23(29)4-6-34-7-5-23)15-9-26-28(11-15)10-14-2-3-16(24)8-18(14)25/h2-3,8-9,11-12,31H,4-7,10,13H2,1H3. The summed E-state index contributed by atoms with van der Waals surface area (Å²) in [5, 5.41) is 16.1. The molecule has 1 aromatic carbocycles. The van der Waals surface area contributed by atoms with Gasteiger partial charge in [-0.1, -0.05) is 6.07 Å². The number of fused-ring (bicyclic) bond motifs is 1. The van der Waals surface area contributed by atoms with E-state index in [2.05, 4.69) is 5.10 Å². The quantitative estimate of drug-likeness (QED) is 0.626. The number of amides is 1. The number of rotatable bonds is 4. The van der Waals surface area contributed by atoms with Gasteiger partial charge in [-0.05, 0) is 18.9 Å². The number of aromatic nitrogens is 3. The highest BCUT2D eigenvalue weighted by Crippen LogP contribution is 2.37. The highest BCUT2D eigenvalue weighted by atomic mass is 19.1. The van der Waals surface area contributed by atoms with Crippen LogP contribution < -0.4 is 5.43 Å². The molecule has 0 aliphatic carbocycles. The van der Waals surface area contributed by atoms with Crippen LogP contribution in [0.25, 0.3) is 11.1 Å². The molecule has 1 fully saturated rings. The first kappa shape index (κ1) is 22.2. The van der Waals surface area contributed by atoms with Crippen LogP contribution in [0.1, 0.15) is 28.9 Å². The molecule has 2 aliphatic heterocycles. The minimum absolute atomic E-state index is 0.0226. The monoisotopic (exact) mass is 472 g/mol. The summed E-state index contributed by atoms with van der Waals surface area (Å²) < 4.78 is 35.6. The molecule has 11 heteroatoms. The summed E-state index contributed by atoms with van der Waals surface area (Å²) in [6.07, 6.45) is 5.55. The zero-order chi connectivity index (χ0) is 24.0. The van der Waals surface area contributed by atoms with E-state index in [1.54, 1.807) is 4.57 Å². The van der Waals surface area contributed by atoms with Crippen molar-refractivity contribution >= 4 is 5.91 Å². The molecule has 1 spiro atoms. The number of benzene rings is 1. The van der Waals surface area contributed by atoms with Crippen molar-refractivity contribution in [3.05, 3.63) is 69.9 Å². The number of carbonyl (C=O) groups excluding carboxylic acids is 1. The molecule has 9 nitrogen and oxygen atoms in total. The van der Waals surface area contributed by atoms with Gasteiger partial charge in [0.25, 0.3) is 5.91 Å². The van der Waals surface area contributed by atoms with E-state index >= 15 is 0 Å². The smallest absolute Gasteiger partial charge is 0.298 e. The Morgan fingerprint density at radius 3 is 2.68 bits per heavy atom. The molecule has 0 saturated carbocycles. The van der Waals surface area contributed by atoms with E-state index in [4.69, 9.17) is 9.57 Å². The normalized spacial score (nSPS) is 17.3. The lowest BCUT2D eigenvalue weighted by molar-refractivity contribution is -0.196. The number of ether oxygens (including phenoxy) is 1. The van der Waals surface area contributed by atoms with Gasteiger partial charge in [-0.15, -0.1) is 0 Å². The van der Waals surface area contributed by atoms with Crippen molar-refractivity contribution < 1.29 is 28.3 Å². The first-order valence-electron chi connectivity index (χ1n) is 10.7. The van der Waals surface area contributed by atoms with Crippen LogP contribution in [-0.2, 0) is 22.7 Å². The van der Waals surface area contributed by atoms with Crippen LogP contribution >= 0.6 is 0 Å². The lowest BCUT2D eigenvalue weighted by atomic mass is 9.87. The second kappa shape index (κ2) is 8.33. The summed E-state index contributed by atoms with van der Waals surface area (Å²) in [7, 11) is 1.38. The lowest BCUT2D eigenvalue weighted by Gasteiger charge is -2.48. The third-order valence-corrected chi connectivity index (χ3v) is 6.44. The van der Waals surface area contributed by atoms with Crippen molar-refractivity contribution in [2.75, 3.05) is 20.3 Å². The number of hydroxylamine groups is 2. The van der Waals surface area contributed by atoms with Gasteiger partial charge in [0.1, 0.15) is 11.6 Å². The Morgan fingerprint density at radius 1 is 1.21 bits per heavy atom. The minimum atomic E-state index is -0.730. The molecule has 1 saturated heterocycles. The van der Waals surface area contributed by atoms with E-state index in [-0.39, 0.29) is 23.4 Å². The zero-order valence-electron chi connectivity index (χ0n) is 18.3. The van der Waals surface area contributed by atoms with Gasteiger partial charge in [-0.2, -0.15) is 5.10 Å². The number of pyridine rings is 1. The fourth-order valence-electron chi connectivity index (χ4n) is 4.70. The Kier molecular flexibility index (Phi) is 5.45. The largest absolute Gasteiger partial charge is 0.503 e. The molecule has 2 aliphatic rings. The number of carbonyl (C=O) groups is 1. The Morgan fingerprint density at radius 2 is 1.97 bits per heavy atom. The summed E-state index contributed by atoms with van der Waals surface area (Å²) in [5.74, 6) is -2.65. The van der Waals surface area contributed by atoms with E-state index in [0.29, 0.717) is 38.2 Å². The lowest BCUT2D eigenvalue weighted by Crippen LogP contribution is -2.60. The van der Waals surface area contributed by atoms with Gasteiger partial charge in [-0.25, -0.2) is 13.8 Å². The number of hydrogen-bond acceptors (Lipinski definition) is 6. The topological polar surface area (TPSA) is 98.8 Å². The van der Waals surface area contributed by atoms with Gasteiger partial charge in [-0.3, -0.25) is 19.1 Å². The predicted molar refractivity (Wildman–Crippen MR) is 115 cm³/mol. The fraction of sp³-hybridized carbons (Fsp3) is 0.348. The van der Waals surface area contributed by atoms with Crippen molar-refractivity contribution in [1.82, 2.24) is 19.4 Å². The summed E-state index contributed by atoms with van der Waals surface area (Å²) in [5.41, 5.74) is -0.777. The van der Waals surface area contributed by atoms with Crippen LogP contribution in [0.4, 0.5) is 8.78 Å². The molecule has 5 rings (SSSR count). The number of nitrogens with zero attached hydrogens (tertiary/aromatic N) is 4. The molecule has 1 N–H and O–H groups in total. The van der Waals surface area contributed by atoms with Gasteiger partial charge in [0.15, 0.2) is 11.4 Å². The summed E-state index contributed by atoms with van der Waals surface area (Å²) in [6, 6.07) is 3.27. The van der Waals surface area contributed by atoms with Crippen LogP contribution in [0.3, 0.4) is 0 Å². The first-order valence-corrected chi connectivity index (χ1v) is 10.7. The van der Waals surface area contributed by atoms with E-state index in [9.17, 15) is 23.5 Å². The summed E-state index contributed by atoms with van der Waals surface area (Å²) >= 11 is 0. The Bertz CT molecular complexity index is 1330. The van der Waals surface area contributed by atoms with E-state index in [1.807, 2.05) is 0 Å². The number of halogens is 2. The molecule has 1 amide bonds. The average Bonchev–Trinajstić information content (AvgIpc) is 3.27. The van der Waals surface area contributed by atoms with Gasteiger partial charge in [0.2, 0.25) is 5.43 Å². The fourth-order valence-corrected chi connectivity index (χ4v) is 4.70. The maximum atomic E-state index is 14.0. The highest BCUT2D eigenvalue weighted by molar-refractivity contribution is 5.96. The minimum Gasteiger partial charge on any atom is -0.503 e. The number of hydrogen-bond donors (Lipinski definition) is 1. The van der Waals surface area contributed by atoms with Crippen LogP contribution in [0, 0.1) is 11.6 Å². The van der Waals surface area contributed by atoms with Crippen molar-refractivity contribution in [1.29, 1.82) is 0 Å². The van der Waals surface area contributed by atoms with Gasteiger partial charge in [0.05, 0.1) is 31.0 Å². The Balaban J connectivity index is 1.53. The van der Waals surface area contributed by atoms with Crippen LogP contribution in [0.5, 0.6) is 5.75 Å². The Labute approximate surface area is 192 Å². The van der Waals surface area contributed by atoms with E-state index in [0.717, 1.165) is 12.1 Å². The molecule has 0 radical (unpaired) electrons. The zero-order valence-corrected chi connectivity index (χ0v) is 18.3. The Hall–Kier alpha value is -3.57. The van der Waals surface area contributed by atoms with Crippen LogP contribution in [0.15, 0.2) is 41.6 Å². The van der Waals surface area contributed by atoms with Gasteiger partial charge in [0, 0.05) is 49.3 Å². The molecule has 2 aromatic heterocycles. The SMILES string of the molecule is CON1C(=O)c2c(O)c(=O)c(-c3cnn(Cc4ccc(F)cc4F)c3)cn2CC12CCOCC2. The van der Waals surface area contributed by atoms with E-state index in [1.165, 1.54) is 41.5 Å². The maximum absolute atomic E-state index is 14.0. The molecular weight excluding hydrogens is 450 g/mol. The van der Waals surface area contributed by atoms with Crippen LogP contribution in [-0.4, -0.2) is 56.3 Å². The van der Waals surface area contributed by atoms with E-state index < -0.39 is 34.3 Å². The van der Waals surface area contributed by atoms with Crippen molar-refractivity contribution in [2.45, 2.75) is 31.5 Å². The molecule has 0 atom stereocenters. The second-order valence-electron chi connectivity index (χ2n) is 8.48. The molecule has 3 aromatic rings. The number of aromatic hydroxyl groups is 1. The second-order valence-corrected chi connectivity index (χ2v) is 8.48. The van der Waals surface area contributed by atoms with Gasteiger partial charge >= 0.3 is 0 Å². The van der Waals surface area contributed by atoms with Crippen LogP contribution in [0.2, 0.25) is 0 Å². The average molecular weight is 472 g/mol. The molecule has 178 valence electrons. The molecule has 34 heavy (non-hydrogen) atoms. The third kappa shape index (κ3) is 3.57. The van der Waals surface area contributed by atoms with Crippen molar-refractivity contribution in [2.24, 2.45) is 0 Å². The third-order valence-electron chi connectivity index (χ3n) is 6.44. The maximum Gasteiger partial charge on any atom is 0.298 e. The summed E-state index contributed by atoms with van der Waals surface area (Å²) in [4.78, 5) is 31.5. The first-order chi connectivity index (χ1) is 16.3. The highest BCUT2D eigenvalue weighted by Gasteiger charge is 2.48. The molecule has 0 bridgehead atoms. The molecule has 4 heterocycles. The summed E-state index contributed by atoms with van der Waals surface area (Å²) in [6.45, 7) is 1.23.